The van der Waals surface area contributed by atoms with Crippen LogP contribution in [0.5, 0.6) is 0 Å². The van der Waals surface area contributed by atoms with E-state index in [4.69, 9.17) is 5.11 Å². The van der Waals surface area contributed by atoms with Gasteiger partial charge in [-0.25, -0.2) is 4.79 Å². The summed E-state index contributed by atoms with van der Waals surface area (Å²) in [6, 6.07) is 0.490. The van der Waals surface area contributed by atoms with Gasteiger partial charge < -0.3 is 14.9 Å². The summed E-state index contributed by atoms with van der Waals surface area (Å²) in [6.07, 6.45) is 4.39. The summed E-state index contributed by atoms with van der Waals surface area (Å²) in [4.78, 5) is 29.5. The molecular formula is C15H27N3O3. The van der Waals surface area contributed by atoms with Gasteiger partial charge in [0, 0.05) is 31.7 Å². The Labute approximate surface area is 126 Å². The molecule has 0 spiro atoms. The van der Waals surface area contributed by atoms with Crippen LogP contribution in [0.2, 0.25) is 0 Å². The standard InChI is InChI=1S/C15H27N3O3/c1-3-7-17(11-14(19)20)15(21)18-10-13-6-4-5-8-16(13)9-12(18)2/h12-13H,3-11H2,1-2H3,(H,19,20). The molecule has 2 aliphatic heterocycles. The number of carboxylic acid groups (broad SMARTS) is 1. The molecule has 2 amide bonds. The maximum Gasteiger partial charge on any atom is 0.323 e. The number of fused-ring (bicyclic) bond motifs is 1. The molecule has 2 unspecified atom stereocenters. The minimum atomic E-state index is -0.944. The van der Waals surface area contributed by atoms with Gasteiger partial charge in [-0.3, -0.25) is 9.69 Å². The number of carboxylic acids is 1. The number of amides is 2. The summed E-state index contributed by atoms with van der Waals surface area (Å²) < 4.78 is 0. The maximum absolute atomic E-state index is 12.7. The van der Waals surface area contributed by atoms with Crippen LogP contribution in [-0.4, -0.2) is 76.6 Å². The molecule has 2 fully saturated rings. The molecule has 0 bridgehead atoms. The highest BCUT2D eigenvalue weighted by Gasteiger charge is 2.36. The Morgan fingerprint density at radius 2 is 2.05 bits per heavy atom. The van der Waals surface area contributed by atoms with Crippen molar-refractivity contribution in [2.45, 2.75) is 51.6 Å². The molecular weight excluding hydrogens is 270 g/mol. The van der Waals surface area contributed by atoms with Crippen LogP contribution in [0.3, 0.4) is 0 Å². The molecule has 0 aromatic rings. The second-order valence-corrected chi connectivity index (χ2v) is 6.24. The van der Waals surface area contributed by atoms with Crippen LogP contribution in [-0.2, 0) is 4.79 Å². The Balaban J connectivity index is 2.03. The number of hydrogen-bond acceptors (Lipinski definition) is 3. The lowest BCUT2D eigenvalue weighted by atomic mass is 9.97. The van der Waals surface area contributed by atoms with Crippen molar-refractivity contribution >= 4 is 12.0 Å². The van der Waals surface area contributed by atoms with Gasteiger partial charge in [0.05, 0.1) is 0 Å². The monoisotopic (exact) mass is 297 g/mol. The van der Waals surface area contributed by atoms with E-state index in [1.165, 1.54) is 17.7 Å². The molecule has 6 heteroatoms. The Kier molecular flexibility index (Phi) is 5.45. The number of rotatable bonds is 4. The van der Waals surface area contributed by atoms with E-state index in [9.17, 15) is 9.59 Å². The van der Waals surface area contributed by atoms with Gasteiger partial charge >= 0.3 is 12.0 Å². The Hall–Kier alpha value is -1.30. The van der Waals surface area contributed by atoms with Crippen molar-refractivity contribution in [1.29, 1.82) is 0 Å². The number of urea groups is 1. The predicted octanol–water partition coefficient (Wildman–Crippen LogP) is 1.46. The van der Waals surface area contributed by atoms with Crippen molar-refractivity contribution in [2.24, 2.45) is 0 Å². The van der Waals surface area contributed by atoms with Crippen molar-refractivity contribution < 1.29 is 14.7 Å². The van der Waals surface area contributed by atoms with Crippen molar-refractivity contribution in [3.8, 4) is 0 Å². The second kappa shape index (κ2) is 7.11. The zero-order chi connectivity index (χ0) is 15.4. The lowest BCUT2D eigenvalue weighted by Crippen LogP contribution is -2.62. The Morgan fingerprint density at radius 3 is 2.71 bits per heavy atom. The fourth-order valence-electron chi connectivity index (χ4n) is 3.48. The van der Waals surface area contributed by atoms with Crippen LogP contribution in [0.15, 0.2) is 0 Å². The Morgan fingerprint density at radius 1 is 1.29 bits per heavy atom. The lowest BCUT2D eigenvalue weighted by Gasteiger charge is -2.48. The summed E-state index contributed by atoms with van der Waals surface area (Å²) in [6.45, 7) is 7.10. The highest BCUT2D eigenvalue weighted by atomic mass is 16.4. The van der Waals surface area contributed by atoms with Crippen LogP contribution in [0.25, 0.3) is 0 Å². The minimum absolute atomic E-state index is 0.114. The average molecular weight is 297 g/mol. The van der Waals surface area contributed by atoms with E-state index in [1.54, 1.807) is 0 Å². The van der Waals surface area contributed by atoms with E-state index in [1.807, 2.05) is 11.8 Å². The van der Waals surface area contributed by atoms with E-state index >= 15 is 0 Å². The first-order valence-electron chi connectivity index (χ1n) is 8.04. The molecule has 1 N–H and O–H groups in total. The second-order valence-electron chi connectivity index (χ2n) is 6.24. The molecule has 2 heterocycles. The van der Waals surface area contributed by atoms with Gasteiger partial charge in [-0.1, -0.05) is 13.3 Å². The highest BCUT2D eigenvalue weighted by molar-refractivity contribution is 5.80. The van der Waals surface area contributed by atoms with Gasteiger partial charge in [0.1, 0.15) is 6.54 Å². The van der Waals surface area contributed by atoms with E-state index in [-0.39, 0.29) is 18.6 Å². The van der Waals surface area contributed by atoms with Crippen molar-refractivity contribution in [1.82, 2.24) is 14.7 Å². The third-order valence-corrected chi connectivity index (χ3v) is 4.52. The molecule has 6 nitrogen and oxygen atoms in total. The number of hydrogen-bond donors (Lipinski definition) is 1. The zero-order valence-electron chi connectivity index (χ0n) is 13.1. The predicted molar refractivity (Wildman–Crippen MR) is 80.3 cm³/mol. The molecule has 0 aromatic carbocycles. The zero-order valence-corrected chi connectivity index (χ0v) is 13.1. The van der Waals surface area contributed by atoms with Gasteiger partial charge in [-0.15, -0.1) is 0 Å². The SMILES string of the molecule is CCCN(CC(=O)O)C(=O)N1CC2CCCCN2CC1C. The van der Waals surface area contributed by atoms with Gasteiger partial charge in [-0.05, 0) is 32.7 Å². The van der Waals surface area contributed by atoms with Crippen LogP contribution in [0.4, 0.5) is 4.79 Å². The molecule has 0 radical (unpaired) electrons. The minimum Gasteiger partial charge on any atom is -0.480 e. The topological polar surface area (TPSA) is 64.1 Å². The molecule has 21 heavy (non-hydrogen) atoms. The number of piperazine rings is 1. The molecule has 0 saturated carbocycles. The van der Waals surface area contributed by atoms with Crippen LogP contribution in [0, 0.1) is 0 Å². The highest BCUT2D eigenvalue weighted by Crippen LogP contribution is 2.24. The third-order valence-electron chi connectivity index (χ3n) is 4.52. The number of carbonyl (C=O) groups excluding carboxylic acids is 1. The van der Waals surface area contributed by atoms with Gasteiger partial charge in [0.2, 0.25) is 0 Å². The van der Waals surface area contributed by atoms with E-state index in [0.717, 1.165) is 32.5 Å². The van der Waals surface area contributed by atoms with Crippen molar-refractivity contribution in [2.75, 3.05) is 32.7 Å². The number of aliphatic carboxylic acids is 1. The molecule has 2 aliphatic rings. The molecule has 2 rings (SSSR count). The average Bonchev–Trinajstić information content (AvgIpc) is 2.45. The van der Waals surface area contributed by atoms with E-state index < -0.39 is 5.97 Å². The van der Waals surface area contributed by atoms with Crippen molar-refractivity contribution in [3.05, 3.63) is 0 Å². The van der Waals surface area contributed by atoms with Gasteiger partial charge in [0.15, 0.2) is 0 Å². The lowest BCUT2D eigenvalue weighted by molar-refractivity contribution is -0.137. The third kappa shape index (κ3) is 3.87. The summed E-state index contributed by atoms with van der Waals surface area (Å²) in [5, 5.41) is 8.99. The molecule has 0 aromatic heterocycles. The summed E-state index contributed by atoms with van der Waals surface area (Å²) in [5.74, 6) is -0.944. The molecule has 120 valence electrons. The van der Waals surface area contributed by atoms with Crippen LogP contribution < -0.4 is 0 Å². The molecule has 2 atom stereocenters. The fourth-order valence-corrected chi connectivity index (χ4v) is 3.48. The van der Waals surface area contributed by atoms with Crippen molar-refractivity contribution in [3.63, 3.8) is 0 Å². The summed E-state index contributed by atoms with van der Waals surface area (Å²) in [7, 11) is 0. The summed E-state index contributed by atoms with van der Waals surface area (Å²) >= 11 is 0. The number of nitrogens with zero attached hydrogens (tertiary/aromatic N) is 3. The first-order chi connectivity index (χ1) is 10.0. The first-order valence-corrected chi connectivity index (χ1v) is 8.04. The number of carbonyl (C=O) groups is 2. The smallest absolute Gasteiger partial charge is 0.323 e. The quantitative estimate of drug-likeness (QED) is 0.853. The van der Waals surface area contributed by atoms with E-state index in [2.05, 4.69) is 11.8 Å². The largest absolute Gasteiger partial charge is 0.480 e. The number of piperidine rings is 1. The van der Waals surface area contributed by atoms with Gasteiger partial charge in [0.25, 0.3) is 0 Å². The molecule has 2 saturated heterocycles. The first kappa shape index (κ1) is 16.1. The summed E-state index contributed by atoms with van der Waals surface area (Å²) in [5.41, 5.74) is 0. The normalized spacial score (nSPS) is 26.3. The van der Waals surface area contributed by atoms with Crippen LogP contribution in [0.1, 0.15) is 39.5 Å². The fraction of sp³-hybridized carbons (Fsp3) is 0.867. The maximum atomic E-state index is 12.7. The van der Waals surface area contributed by atoms with E-state index in [0.29, 0.717) is 12.6 Å². The Bertz CT molecular complexity index is 388. The molecule has 0 aliphatic carbocycles. The van der Waals surface area contributed by atoms with Crippen LogP contribution >= 0.6 is 0 Å². The van der Waals surface area contributed by atoms with Gasteiger partial charge in [-0.2, -0.15) is 0 Å².